The van der Waals surface area contributed by atoms with E-state index in [1.165, 1.54) is 5.56 Å². The van der Waals surface area contributed by atoms with Crippen LogP contribution in [0.2, 0.25) is 0 Å². The van der Waals surface area contributed by atoms with Gasteiger partial charge in [0.1, 0.15) is 0 Å². The molecule has 0 fully saturated rings. The summed E-state index contributed by atoms with van der Waals surface area (Å²) in [4.78, 5) is 13.3. The average Bonchev–Trinajstić information content (AvgIpc) is 2.39. The van der Waals surface area contributed by atoms with Gasteiger partial charge in [-0.2, -0.15) is 0 Å². The van der Waals surface area contributed by atoms with E-state index in [2.05, 4.69) is 0 Å². The highest BCUT2D eigenvalue weighted by Crippen LogP contribution is 2.26. The Bertz CT molecular complexity index is 581. The Balaban J connectivity index is 2.27. The quantitative estimate of drug-likeness (QED) is 0.821. The number of primary amides is 1. The van der Waals surface area contributed by atoms with Crippen molar-refractivity contribution >= 4 is 17.3 Å². The van der Waals surface area contributed by atoms with Gasteiger partial charge in [0.2, 0.25) is 0 Å². The molecule has 0 aromatic heterocycles. The topological polar surface area (TPSA) is 72.3 Å². The zero-order chi connectivity index (χ0) is 13.8. The molecule has 2 aromatic carbocycles. The van der Waals surface area contributed by atoms with Gasteiger partial charge in [-0.05, 0) is 17.7 Å². The number of carbonyl (C=O) groups is 1. The number of nitrogen functional groups attached to an aromatic ring is 1. The van der Waals surface area contributed by atoms with Crippen LogP contribution >= 0.6 is 0 Å². The maximum atomic E-state index is 11.3. The minimum Gasteiger partial charge on any atom is -0.396 e. The summed E-state index contributed by atoms with van der Waals surface area (Å²) in [6, 6.07) is 15.4. The van der Waals surface area contributed by atoms with Crippen molar-refractivity contribution in [3.8, 4) is 0 Å². The first-order valence-electron chi connectivity index (χ1n) is 6.03. The molecule has 98 valence electrons. The van der Waals surface area contributed by atoms with E-state index in [4.69, 9.17) is 11.5 Å². The first-order chi connectivity index (χ1) is 9.09. The molecule has 0 aliphatic rings. The van der Waals surface area contributed by atoms with Crippen molar-refractivity contribution in [2.24, 2.45) is 5.73 Å². The molecule has 0 atom stereocenters. The van der Waals surface area contributed by atoms with E-state index in [1.54, 1.807) is 12.1 Å². The third kappa shape index (κ3) is 2.85. The average molecular weight is 255 g/mol. The molecule has 2 rings (SSSR count). The van der Waals surface area contributed by atoms with E-state index in [1.807, 2.05) is 48.3 Å². The summed E-state index contributed by atoms with van der Waals surface area (Å²) < 4.78 is 0. The molecule has 0 spiro atoms. The smallest absolute Gasteiger partial charge is 0.250 e. The van der Waals surface area contributed by atoms with Crippen LogP contribution in [0.5, 0.6) is 0 Å². The Morgan fingerprint density at radius 1 is 1.11 bits per heavy atom. The zero-order valence-corrected chi connectivity index (χ0v) is 10.8. The lowest BCUT2D eigenvalue weighted by Gasteiger charge is -2.22. The maximum absolute atomic E-state index is 11.3. The summed E-state index contributed by atoms with van der Waals surface area (Å²) in [5.74, 6) is -0.507. The molecule has 19 heavy (non-hydrogen) atoms. The number of nitrogens with zero attached hydrogens (tertiary/aromatic N) is 1. The Labute approximate surface area is 112 Å². The monoisotopic (exact) mass is 255 g/mol. The van der Waals surface area contributed by atoms with Crippen LogP contribution in [0.25, 0.3) is 0 Å². The van der Waals surface area contributed by atoms with E-state index in [9.17, 15) is 4.79 Å². The number of carbonyl (C=O) groups excluding carboxylic acids is 1. The minimum atomic E-state index is -0.507. The molecular weight excluding hydrogens is 238 g/mol. The molecule has 0 aliphatic heterocycles. The third-order valence-corrected chi connectivity index (χ3v) is 3.02. The third-order valence-electron chi connectivity index (χ3n) is 3.02. The van der Waals surface area contributed by atoms with Crippen molar-refractivity contribution in [2.75, 3.05) is 17.7 Å². The molecule has 4 nitrogen and oxygen atoms in total. The van der Waals surface area contributed by atoms with E-state index >= 15 is 0 Å². The molecule has 4 N–H and O–H groups in total. The summed E-state index contributed by atoms with van der Waals surface area (Å²) in [6.07, 6.45) is 0. The first-order valence-corrected chi connectivity index (χ1v) is 6.03. The van der Waals surface area contributed by atoms with Gasteiger partial charge in [0, 0.05) is 13.6 Å². The van der Waals surface area contributed by atoms with Crippen molar-refractivity contribution in [3.63, 3.8) is 0 Å². The number of hydrogen-bond acceptors (Lipinski definition) is 3. The number of amides is 1. The summed E-state index contributed by atoms with van der Waals surface area (Å²) in [5, 5.41) is 0. The van der Waals surface area contributed by atoms with E-state index in [0.717, 1.165) is 5.69 Å². The second kappa shape index (κ2) is 5.44. The lowest BCUT2D eigenvalue weighted by atomic mass is 10.1. The van der Waals surface area contributed by atoms with Gasteiger partial charge in [-0.1, -0.05) is 36.4 Å². The number of benzene rings is 2. The van der Waals surface area contributed by atoms with Crippen molar-refractivity contribution in [1.29, 1.82) is 0 Å². The highest BCUT2D eigenvalue weighted by atomic mass is 16.1. The van der Waals surface area contributed by atoms with E-state index in [-0.39, 0.29) is 0 Å². The SMILES string of the molecule is CN(Cc1ccccc1)c1cccc(C(N)=O)c1N. The Morgan fingerprint density at radius 3 is 2.42 bits per heavy atom. The van der Waals surface area contributed by atoms with Gasteiger partial charge in [-0.15, -0.1) is 0 Å². The van der Waals surface area contributed by atoms with Crippen LogP contribution in [0.3, 0.4) is 0 Å². The second-order valence-corrected chi connectivity index (χ2v) is 4.44. The van der Waals surface area contributed by atoms with Crippen molar-refractivity contribution in [2.45, 2.75) is 6.54 Å². The number of rotatable bonds is 4. The minimum absolute atomic E-state index is 0.359. The van der Waals surface area contributed by atoms with Crippen LogP contribution in [0, 0.1) is 0 Å². The van der Waals surface area contributed by atoms with Gasteiger partial charge in [0.15, 0.2) is 0 Å². The molecule has 1 amide bonds. The van der Waals surface area contributed by atoms with Crippen molar-refractivity contribution in [1.82, 2.24) is 0 Å². The Hall–Kier alpha value is -2.49. The van der Waals surface area contributed by atoms with Gasteiger partial charge in [-0.25, -0.2) is 0 Å². The van der Waals surface area contributed by atoms with Crippen LogP contribution in [-0.4, -0.2) is 13.0 Å². The molecule has 0 saturated heterocycles. The lowest BCUT2D eigenvalue weighted by Crippen LogP contribution is -2.20. The van der Waals surface area contributed by atoms with Crippen LogP contribution in [0.15, 0.2) is 48.5 Å². The van der Waals surface area contributed by atoms with Gasteiger partial charge >= 0.3 is 0 Å². The second-order valence-electron chi connectivity index (χ2n) is 4.44. The first kappa shape index (κ1) is 13.0. The summed E-state index contributed by atoms with van der Waals surface area (Å²) in [5.41, 5.74) is 14.1. The van der Waals surface area contributed by atoms with Crippen LogP contribution in [-0.2, 0) is 6.54 Å². The molecule has 0 aliphatic carbocycles. The molecule has 0 bridgehead atoms. The molecule has 4 heteroatoms. The van der Waals surface area contributed by atoms with Crippen molar-refractivity contribution in [3.05, 3.63) is 59.7 Å². The summed E-state index contributed by atoms with van der Waals surface area (Å²) in [7, 11) is 1.93. The fourth-order valence-electron chi connectivity index (χ4n) is 2.04. The van der Waals surface area contributed by atoms with Gasteiger partial charge in [0.25, 0.3) is 5.91 Å². The van der Waals surface area contributed by atoms with Gasteiger partial charge < -0.3 is 16.4 Å². The fourth-order valence-corrected chi connectivity index (χ4v) is 2.04. The normalized spacial score (nSPS) is 10.2. The predicted molar refractivity (Wildman–Crippen MR) is 77.9 cm³/mol. The Kier molecular flexibility index (Phi) is 3.71. The Morgan fingerprint density at radius 2 is 1.79 bits per heavy atom. The molecule has 0 radical (unpaired) electrons. The highest BCUT2D eigenvalue weighted by Gasteiger charge is 2.12. The van der Waals surface area contributed by atoms with Gasteiger partial charge in [-0.3, -0.25) is 4.79 Å². The maximum Gasteiger partial charge on any atom is 0.250 e. The van der Waals surface area contributed by atoms with E-state index < -0.39 is 5.91 Å². The number of nitrogens with two attached hydrogens (primary N) is 2. The fraction of sp³-hybridized carbons (Fsp3) is 0.133. The molecule has 0 unspecified atom stereocenters. The summed E-state index contributed by atoms with van der Waals surface area (Å²) >= 11 is 0. The molecular formula is C15H17N3O. The van der Waals surface area contributed by atoms with Crippen LogP contribution < -0.4 is 16.4 Å². The number of hydrogen-bond donors (Lipinski definition) is 2. The molecule has 2 aromatic rings. The zero-order valence-electron chi connectivity index (χ0n) is 10.8. The highest BCUT2D eigenvalue weighted by molar-refractivity contribution is 6.00. The van der Waals surface area contributed by atoms with Crippen LogP contribution in [0.4, 0.5) is 11.4 Å². The van der Waals surface area contributed by atoms with E-state index in [0.29, 0.717) is 17.8 Å². The number of para-hydroxylation sites is 1. The molecule has 0 heterocycles. The number of anilines is 2. The standard InChI is InChI=1S/C15H17N3O/c1-18(10-11-6-3-2-4-7-11)13-9-5-8-12(14(13)16)15(17)19/h2-9H,10,16H2,1H3,(H2,17,19). The largest absolute Gasteiger partial charge is 0.396 e. The predicted octanol–water partition coefficient (Wildman–Crippen LogP) is 2.00. The van der Waals surface area contributed by atoms with Gasteiger partial charge in [0.05, 0.1) is 16.9 Å². The lowest BCUT2D eigenvalue weighted by molar-refractivity contribution is 0.100. The van der Waals surface area contributed by atoms with Crippen LogP contribution in [0.1, 0.15) is 15.9 Å². The van der Waals surface area contributed by atoms with Crippen molar-refractivity contribution < 1.29 is 4.79 Å². The molecule has 0 saturated carbocycles. The summed E-state index contributed by atoms with van der Waals surface area (Å²) in [6.45, 7) is 0.716.